The van der Waals surface area contributed by atoms with Gasteiger partial charge in [-0.3, -0.25) is 0 Å². The maximum absolute atomic E-state index is 11.9. The molecule has 0 amide bonds. The van der Waals surface area contributed by atoms with E-state index in [0.717, 1.165) is 0 Å². The third kappa shape index (κ3) is 1.88. The van der Waals surface area contributed by atoms with E-state index in [0.29, 0.717) is 0 Å². The minimum Gasteiger partial charge on any atom is -0.479 e. The lowest BCUT2D eigenvalue weighted by Gasteiger charge is -2.14. The summed E-state index contributed by atoms with van der Waals surface area (Å²) in [6.07, 6.45) is -7.97. The lowest BCUT2D eigenvalue weighted by Crippen LogP contribution is -2.30. The van der Waals surface area contributed by atoms with E-state index in [4.69, 9.17) is 5.11 Å². The number of alkyl halides is 3. The Morgan fingerprint density at radius 3 is 2.25 bits per heavy atom. The maximum atomic E-state index is 11.9. The monoisotopic (exact) mass is 184 g/mol. The number of hydrogen-bond donors (Lipinski definition) is 1. The number of hydrogen-bond acceptors (Lipinski definition) is 2. The molecule has 3 nitrogen and oxygen atoms in total. The molecule has 1 heterocycles. The van der Waals surface area contributed by atoms with Crippen LogP contribution in [0.25, 0.3) is 0 Å². The predicted octanol–water partition coefficient (Wildman–Crippen LogP) is 1.18. The van der Waals surface area contributed by atoms with E-state index in [1.165, 1.54) is 0 Å². The number of halogens is 3. The van der Waals surface area contributed by atoms with Crippen LogP contribution in [-0.4, -0.2) is 29.5 Å². The molecular weight excluding hydrogens is 177 g/mol. The zero-order chi connectivity index (χ0) is 9.35. The van der Waals surface area contributed by atoms with Gasteiger partial charge in [-0.1, -0.05) is 0 Å². The molecule has 1 N–H and O–H groups in total. The Hall–Kier alpha value is -0.780. The summed E-state index contributed by atoms with van der Waals surface area (Å²) in [5.74, 6) is -1.33. The first-order chi connectivity index (χ1) is 5.41. The number of aliphatic carboxylic acids is 1. The largest absolute Gasteiger partial charge is 0.479 e. The minimum atomic E-state index is -4.44. The van der Waals surface area contributed by atoms with Gasteiger partial charge in [0.2, 0.25) is 0 Å². The molecule has 1 saturated heterocycles. The zero-order valence-electron chi connectivity index (χ0n) is 5.97. The quantitative estimate of drug-likeness (QED) is 0.665. The highest BCUT2D eigenvalue weighted by molar-refractivity contribution is 5.72. The third-order valence-corrected chi connectivity index (χ3v) is 1.66. The smallest absolute Gasteiger partial charge is 0.414 e. The van der Waals surface area contributed by atoms with Crippen molar-refractivity contribution in [3.05, 3.63) is 0 Å². The lowest BCUT2D eigenvalue weighted by molar-refractivity contribution is -0.216. The van der Waals surface area contributed by atoms with Crippen LogP contribution < -0.4 is 0 Å². The van der Waals surface area contributed by atoms with Crippen LogP contribution in [-0.2, 0) is 9.53 Å². The normalized spacial score (nSPS) is 30.6. The van der Waals surface area contributed by atoms with Gasteiger partial charge < -0.3 is 9.84 Å². The van der Waals surface area contributed by atoms with Crippen molar-refractivity contribution in [3.63, 3.8) is 0 Å². The van der Waals surface area contributed by atoms with Crippen molar-refractivity contribution in [3.8, 4) is 0 Å². The van der Waals surface area contributed by atoms with Gasteiger partial charge >= 0.3 is 12.1 Å². The SMILES string of the molecule is O=C(O)[C@H]1CC[C@@H](C(F)(F)F)O1. The number of carboxylic acid groups (broad SMARTS) is 1. The molecule has 70 valence electrons. The van der Waals surface area contributed by atoms with Gasteiger partial charge in [0.1, 0.15) is 0 Å². The second-order valence-electron chi connectivity index (χ2n) is 2.57. The molecule has 0 spiro atoms. The highest BCUT2D eigenvalue weighted by Gasteiger charge is 2.47. The van der Waals surface area contributed by atoms with E-state index in [-0.39, 0.29) is 12.8 Å². The molecule has 6 heteroatoms. The Morgan fingerprint density at radius 1 is 1.42 bits per heavy atom. The molecule has 12 heavy (non-hydrogen) atoms. The van der Waals surface area contributed by atoms with Crippen molar-refractivity contribution in [1.29, 1.82) is 0 Å². The number of carbonyl (C=O) groups is 1. The van der Waals surface area contributed by atoms with E-state index in [2.05, 4.69) is 4.74 Å². The third-order valence-electron chi connectivity index (χ3n) is 1.66. The van der Waals surface area contributed by atoms with Gasteiger partial charge in [0.25, 0.3) is 0 Å². The Bertz CT molecular complexity index is 189. The first-order valence-electron chi connectivity index (χ1n) is 3.36. The minimum absolute atomic E-state index is 0.0699. The van der Waals surface area contributed by atoms with Crippen molar-refractivity contribution >= 4 is 5.97 Å². The number of rotatable bonds is 1. The summed E-state index contributed by atoms with van der Waals surface area (Å²) in [7, 11) is 0. The molecular formula is C6H7F3O3. The van der Waals surface area contributed by atoms with Gasteiger partial charge in [0.15, 0.2) is 12.2 Å². The second-order valence-corrected chi connectivity index (χ2v) is 2.57. The summed E-state index contributed by atoms with van der Waals surface area (Å²) in [5, 5.41) is 8.30. The van der Waals surface area contributed by atoms with Crippen LogP contribution >= 0.6 is 0 Å². The topological polar surface area (TPSA) is 46.5 Å². The predicted molar refractivity (Wildman–Crippen MR) is 31.6 cm³/mol. The fourth-order valence-electron chi connectivity index (χ4n) is 1.06. The fraction of sp³-hybridized carbons (Fsp3) is 0.833. The summed E-state index contributed by atoms with van der Waals surface area (Å²) >= 11 is 0. The highest BCUT2D eigenvalue weighted by Crippen LogP contribution is 2.32. The van der Waals surface area contributed by atoms with Crippen LogP contribution in [0.5, 0.6) is 0 Å². The summed E-state index contributed by atoms with van der Waals surface area (Å²) < 4.78 is 39.9. The molecule has 0 aromatic rings. The Balaban J connectivity index is 2.51. The maximum Gasteiger partial charge on any atom is 0.414 e. The van der Waals surface area contributed by atoms with Crippen LogP contribution in [0, 0.1) is 0 Å². The average molecular weight is 184 g/mol. The zero-order valence-corrected chi connectivity index (χ0v) is 5.97. The fourth-order valence-corrected chi connectivity index (χ4v) is 1.06. The van der Waals surface area contributed by atoms with Gasteiger partial charge in [-0.25, -0.2) is 4.79 Å². The summed E-state index contributed by atoms with van der Waals surface area (Å²) in [5.41, 5.74) is 0. The van der Waals surface area contributed by atoms with E-state index >= 15 is 0 Å². The van der Waals surface area contributed by atoms with Crippen molar-refractivity contribution in [1.82, 2.24) is 0 Å². The molecule has 2 atom stereocenters. The van der Waals surface area contributed by atoms with E-state index in [9.17, 15) is 18.0 Å². The van der Waals surface area contributed by atoms with Crippen LogP contribution in [0.3, 0.4) is 0 Å². The molecule has 0 bridgehead atoms. The van der Waals surface area contributed by atoms with Crippen molar-refractivity contribution in [2.75, 3.05) is 0 Å². The molecule has 1 aliphatic rings. The highest BCUT2D eigenvalue weighted by atomic mass is 19.4. The molecule has 1 aliphatic heterocycles. The van der Waals surface area contributed by atoms with Gasteiger partial charge in [-0.05, 0) is 12.8 Å². The van der Waals surface area contributed by atoms with E-state index in [1.54, 1.807) is 0 Å². The molecule has 0 radical (unpaired) electrons. The lowest BCUT2D eigenvalue weighted by atomic mass is 10.2. The van der Waals surface area contributed by atoms with Crippen molar-refractivity contribution in [2.45, 2.75) is 31.2 Å². The number of ether oxygens (including phenoxy) is 1. The summed E-state index contributed by atoms with van der Waals surface area (Å²) in [6, 6.07) is 0. The van der Waals surface area contributed by atoms with Crippen LogP contribution in [0.1, 0.15) is 12.8 Å². The van der Waals surface area contributed by atoms with Gasteiger partial charge in [-0.15, -0.1) is 0 Å². The molecule has 0 unspecified atom stereocenters. The first-order valence-corrected chi connectivity index (χ1v) is 3.36. The van der Waals surface area contributed by atoms with Crippen molar-refractivity contribution < 1.29 is 27.8 Å². The molecule has 1 fully saturated rings. The van der Waals surface area contributed by atoms with Crippen molar-refractivity contribution in [2.24, 2.45) is 0 Å². The summed E-state index contributed by atoms with van der Waals surface area (Å²) in [6.45, 7) is 0. The number of carboxylic acids is 1. The summed E-state index contributed by atoms with van der Waals surface area (Å²) in [4.78, 5) is 10.2. The standard InChI is InChI=1S/C6H7F3O3/c7-6(8,9)4-2-1-3(12-4)5(10)11/h3-4H,1-2H2,(H,10,11)/t3-,4+/m1/s1. The first kappa shape index (κ1) is 9.31. The Labute approximate surface area is 66.1 Å². The van der Waals surface area contributed by atoms with Gasteiger partial charge in [0, 0.05) is 0 Å². The van der Waals surface area contributed by atoms with E-state index < -0.39 is 24.4 Å². The molecule has 0 aromatic heterocycles. The molecule has 0 aromatic carbocycles. The Morgan fingerprint density at radius 2 is 2.00 bits per heavy atom. The Kier molecular flexibility index (Phi) is 2.27. The van der Waals surface area contributed by atoms with E-state index in [1.807, 2.05) is 0 Å². The van der Waals surface area contributed by atoms with Crippen LogP contribution in [0.15, 0.2) is 0 Å². The molecule has 1 rings (SSSR count). The average Bonchev–Trinajstić information content (AvgIpc) is 2.30. The van der Waals surface area contributed by atoms with Gasteiger partial charge in [-0.2, -0.15) is 13.2 Å². The van der Waals surface area contributed by atoms with Gasteiger partial charge in [0.05, 0.1) is 0 Å². The second kappa shape index (κ2) is 2.93. The van der Waals surface area contributed by atoms with Crippen LogP contribution in [0.4, 0.5) is 13.2 Å². The molecule has 0 aliphatic carbocycles. The van der Waals surface area contributed by atoms with Crippen LogP contribution in [0.2, 0.25) is 0 Å². The molecule has 0 saturated carbocycles.